The van der Waals surface area contributed by atoms with E-state index in [1.807, 2.05) is 16.8 Å². The number of carbonyl (C=O) groups excluding carboxylic acids is 1. The lowest BCUT2D eigenvalue weighted by Gasteiger charge is -2.20. The van der Waals surface area contributed by atoms with Crippen LogP contribution < -0.4 is 5.32 Å². The number of nitrogens with one attached hydrogen (secondary N) is 1. The highest BCUT2D eigenvalue weighted by molar-refractivity contribution is 9.10. The van der Waals surface area contributed by atoms with Crippen LogP contribution in [0.5, 0.6) is 0 Å². The highest BCUT2D eigenvalue weighted by atomic mass is 79.9. The van der Waals surface area contributed by atoms with Crippen molar-refractivity contribution in [3.63, 3.8) is 0 Å². The van der Waals surface area contributed by atoms with Crippen molar-refractivity contribution in [2.24, 2.45) is 5.92 Å². The first-order valence-corrected chi connectivity index (χ1v) is 7.45. The van der Waals surface area contributed by atoms with Crippen molar-refractivity contribution in [2.75, 3.05) is 0 Å². The molecule has 0 spiro atoms. The normalized spacial score (nSPS) is 14.3. The van der Waals surface area contributed by atoms with Crippen molar-refractivity contribution < 1.29 is 4.79 Å². The Balaban J connectivity index is 2.77. The molecular weight excluding hydrogens is 292 g/mol. The molecule has 0 aromatic carbocycles. The minimum atomic E-state index is 0.0157. The Morgan fingerprint density at radius 3 is 2.67 bits per heavy atom. The van der Waals surface area contributed by atoms with E-state index in [9.17, 15) is 4.79 Å². The number of aromatic nitrogens is 1. The van der Waals surface area contributed by atoms with Gasteiger partial charge in [0.15, 0.2) is 0 Å². The smallest absolute Gasteiger partial charge is 0.268 e. The molecule has 1 N–H and O–H groups in total. The molecular formula is C14H23BrN2O. The number of nitrogens with zero attached hydrogens (tertiary/aromatic N) is 1. The first-order valence-electron chi connectivity index (χ1n) is 6.66. The van der Waals surface area contributed by atoms with Gasteiger partial charge in [0.2, 0.25) is 0 Å². The molecule has 2 atom stereocenters. The van der Waals surface area contributed by atoms with Gasteiger partial charge in [-0.25, -0.2) is 0 Å². The number of hydrogen-bond donors (Lipinski definition) is 1. The molecule has 3 nitrogen and oxygen atoms in total. The summed E-state index contributed by atoms with van der Waals surface area (Å²) in [6.45, 7) is 9.34. The number of carbonyl (C=O) groups is 1. The number of halogens is 1. The molecule has 0 aliphatic heterocycles. The van der Waals surface area contributed by atoms with E-state index in [0.717, 1.165) is 29.6 Å². The molecule has 102 valence electrons. The molecule has 0 bridgehead atoms. The van der Waals surface area contributed by atoms with Gasteiger partial charge in [-0.3, -0.25) is 4.79 Å². The van der Waals surface area contributed by atoms with Crippen LogP contribution >= 0.6 is 15.9 Å². The highest BCUT2D eigenvalue weighted by Gasteiger charge is 2.17. The van der Waals surface area contributed by atoms with Gasteiger partial charge in [0.25, 0.3) is 5.91 Å². The van der Waals surface area contributed by atoms with Crippen molar-refractivity contribution in [1.82, 2.24) is 9.88 Å². The molecule has 1 rings (SSSR count). The second kappa shape index (κ2) is 6.98. The summed E-state index contributed by atoms with van der Waals surface area (Å²) in [5.41, 5.74) is 0.735. The highest BCUT2D eigenvalue weighted by Crippen LogP contribution is 2.16. The van der Waals surface area contributed by atoms with Crippen LogP contribution in [0.4, 0.5) is 0 Å². The molecule has 0 saturated heterocycles. The van der Waals surface area contributed by atoms with Crippen molar-refractivity contribution >= 4 is 21.8 Å². The zero-order chi connectivity index (χ0) is 13.7. The van der Waals surface area contributed by atoms with Crippen molar-refractivity contribution in [3.05, 3.63) is 22.4 Å². The maximum atomic E-state index is 12.2. The standard InChI is InChI=1S/C14H23BrN2O/c1-5-7-17-9-12(15)8-13(17)14(18)16-11(4)10(3)6-2/h8-11H,5-7H2,1-4H3,(H,16,18). The van der Waals surface area contributed by atoms with Gasteiger partial charge in [-0.2, -0.15) is 0 Å². The van der Waals surface area contributed by atoms with E-state index in [4.69, 9.17) is 0 Å². The lowest BCUT2D eigenvalue weighted by Crippen LogP contribution is -2.37. The van der Waals surface area contributed by atoms with Gasteiger partial charge < -0.3 is 9.88 Å². The Morgan fingerprint density at radius 2 is 2.11 bits per heavy atom. The third-order valence-corrected chi connectivity index (χ3v) is 3.85. The molecule has 0 radical (unpaired) electrons. The molecule has 1 heterocycles. The number of rotatable bonds is 6. The SMILES string of the molecule is CCCn1cc(Br)cc1C(=O)NC(C)C(C)CC. The predicted molar refractivity (Wildman–Crippen MR) is 78.8 cm³/mol. The molecule has 1 aromatic heterocycles. The predicted octanol–water partition coefficient (Wildman–Crippen LogP) is 3.83. The van der Waals surface area contributed by atoms with Gasteiger partial charge in [-0.05, 0) is 41.3 Å². The maximum absolute atomic E-state index is 12.2. The molecule has 0 aliphatic carbocycles. The van der Waals surface area contributed by atoms with Gasteiger partial charge in [0, 0.05) is 23.3 Å². The minimum absolute atomic E-state index is 0.0157. The topological polar surface area (TPSA) is 34.0 Å². The second-order valence-electron chi connectivity index (χ2n) is 4.88. The Labute approximate surface area is 118 Å². The summed E-state index contributed by atoms with van der Waals surface area (Å²) in [6, 6.07) is 2.08. The fourth-order valence-corrected chi connectivity index (χ4v) is 2.33. The zero-order valence-corrected chi connectivity index (χ0v) is 13.3. The van der Waals surface area contributed by atoms with Crippen LogP contribution in [0.25, 0.3) is 0 Å². The average molecular weight is 315 g/mol. The molecule has 18 heavy (non-hydrogen) atoms. The average Bonchev–Trinajstić information content (AvgIpc) is 2.69. The summed E-state index contributed by atoms with van der Waals surface area (Å²) >= 11 is 3.43. The fourth-order valence-electron chi connectivity index (χ4n) is 1.87. The zero-order valence-electron chi connectivity index (χ0n) is 11.7. The van der Waals surface area contributed by atoms with Crippen LogP contribution in [-0.4, -0.2) is 16.5 Å². The Morgan fingerprint density at radius 1 is 1.44 bits per heavy atom. The van der Waals surface area contributed by atoms with Crippen LogP contribution in [0.15, 0.2) is 16.7 Å². The van der Waals surface area contributed by atoms with E-state index < -0.39 is 0 Å². The Hall–Kier alpha value is -0.770. The molecule has 1 amide bonds. The molecule has 0 fully saturated rings. The Kier molecular flexibility index (Phi) is 5.93. The summed E-state index contributed by atoms with van der Waals surface area (Å²) in [5.74, 6) is 0.508. The Bertz CT molecular complexity index is 400. The van der Waals surface area contributed by atoms with E-state index in [1.54, 1.807) is 0 Å². The van der Waals surface area contributed by atoms with E-state index in [1.165, 1.54) is 0 Å². The maximum Gasteiger partial charge on any atom is 0.268 e. The quantitative estimate of drug-likeness (QED) is 0.850. The molecule has 0 aliphatic rings. The third kappa shape index (κ3) is 3.87. The fraction of sp³-hybridized carbons (Fsp3) is 0.643. The van der Waals surface area contributed by atoms with Crippen LogP contribution in [-0.2, 0) is 6.54 Å². The second-order valence-corrected chi connectivity index (χ2v) is 5.80. The van der Waals surface area contributed by atoms with Crippen molar-refractivity contribution in [2.45, 2.75) is 53.1 Å². The van der Waals surface area contributed by atoms with E-state index in [0.29, 0.717) is 5.92 Å². The van der Waals surface area contributed by atoms with Crippen LogP contribution in [0, 0.1) is 5.92 Å². The summed E-state index contributed by atoms with van der Waals surface area (Å²) < 4.78 is 2.96. The first-order chi connectivity index (χ1) is 8.49. The van der Waals surface area contributed by atoms with Crippen molar-refractivity contribution in [1.29, 1.82) is 0 Å². The van der Waals surface area contributed by atoms with Gasteiger partial charge in [-0.15, -0.1) is 0 Å². The van der Waals surface area contributed by atoms with E-state index >= 15 is 0 Å². The summed E-state index contributed by atoms with van der Waals surface area (Å²) in [7, 11) is 0. The lowest BCUT2D eigenvalue weighted by atomic mass is 10.0. The molecule has 2 unspecified atom stereocenters. The van der Waals surface area contributed by atoms with Crippen LogP contribution in [0.3, 0.4) is 0 Å². The summed E-state index contributed by atoms with van der Waals surface area (Å²) in [6.07, 6.45) is 4.05. The summed E-state index contributed by atoms with van der Waals surface area (Å²) in [4.78, 5) is 12.2. The van der Waals surface area contributed by atoms with Gasteiger partial charge in [0.1, 0.15) is 5.69 Å². The van der Waals surface area contributed by atoms with Gasteiger partial charge in [0.05, 0.1) is 0 Å². The largest absolute Gasteiger partial charge is 0.348 e. The van der Waals surface area contributed by atoms with Crippen LogP contribution in [0.2, 0.25) is 0 Å². The number of hydrogen-bond acceptors (Lipinski definition) is 1. The van der Waals surface area contributed by atoms with E-state index in [-0.39, 0.29) is 11.9 Å². The number of aryl methyl sites for hydroxylation is 1. The molecule has 0 saturated carbocycles. The number of amides is 1. The monoisotopic (exact) mass is 314 g/mol. The van der Waals surface area contributed by atoms with Crippen LogP contribution in [0.1, 0.15) is 51.0 Å². The molecule has 4 heteroatoms. The van der Waals surface area contributed by atoms with Gasteiger partial charge in [-0.1, -0.05) is 27.2 Å². The first kappa shape index (κ1) is 15.3. The minimum Gasteiger partial charge on any atom is -0.348 e. The summed E-state index contributed by atoms with van der Waals surface area (Å²) in [5, 5.41) is 3.08. The van der Waals surface area contributed by atoms with Gasteiger partial charge >= 0.3 is 0 Å². The third-order valence-electron chi connectivity index (χ3n) is 3.42. The van der Waals surface area contributed by atoms with E-state index in [2.05, 4.69) is 48.9 Å². The molecule has 1 aromatic rings. The lowest BCUT2D eigenvalue weighted by molar-refractivity contribution is 0.0918. The van der Waals surface area contributed by atoms with Crippen molar-refractivity contribution in [3.8, 4) is 0 Å².